The Morgan fingerprint density at radius 2 is 2.23 bits per heavy atom. The Morgan fingerprint density at radius 1 is 1.38 bits per heavy atom. The van der Waals surface area contributed by atoms with Crippen LogP contribution in [0.4, 0.5) is 0 Å². The van der Waals surface area contributed by atoms with Crippen molar-refractivity contribution in [1.82, 2.24) is 9.97 Å². The number of benzene rings is 1. The van der Waals surface area contributed by atoms with E-state index in [9.17, 15) is 0 Å². The fourth-order valence-electron chi connectivity index (χ4n) is 1.36. The van der Waals surface area contributed by atoms with E-state index in [1.54, 1.807) is 0 Å². The first-order chi connectivity index (χ1) is 6.29. The zero-order chi connectivity index (χ0) is 9.26. The van der Waals surface area contributed by atoms with E-state index in [4.69, 9.17) is 0 Å². The number of H-pyrrole nitrogens is 1. The number of hydrogen-bond donors (Lipinski definition) is 1. The van der Waals surface area contributed by atoms with Gasteiger partial charge in [-0.1, -0.05) is 5.92 Å². The first-order valence-electron chi connectivity index (χ1n) is 4.19. The summed E-state index contributed by atoms with van der Waals surface area (Å²) in [6.07, 6.45) is 0. The highest BCUT2D eigenvalue weighted by molar-refractivity contribution is 5.76. The quantitative estimate of drug-likeness (QED) is 0.603. The number of aromatic nitrogens is 2. The Kier molecular flexibility index (Phi) is 1.79. The SMILES string of the molecule is CC#Cc1ccc2nc(C)[nH]c2c1. The van der Waals surface area contributed by atoms with E-state index in [0.717, 1.165) is 22.4 Å². The van der Waals surface area contributed by atoms with Crippen LogP contribution in [0.25, 0.3) is 11.0 Å². The Morgan fingerprint density at radius 3 is 3.00 bits per heavy atom. The van der Waals surface area contributed by atoms with Crippen LogP contribution in [0.1, 0.15) is 18.3 Å². The minimum atomic E-state index is 0.941. The van der Waals surface area contributed by atoms with Crippen LogP contribution in [0.2, 0.25) is 0 Å². The lowest BCUT2D eigenvalue weighted by atomic mass is 10.2. The fourth-order valence-corrected chi connectivity index (χ4v) is 1.36. The predicted octanol–water partition coefficient (Wildman–Crippen LogP) is 2.24. The van der Waals surface area contributed by atoms with Gasteiger partial charge in [-0.25, -0.2) is 4.98 Å². The van der Waals surface area contributed by atoms with Crippen molar-refractivity contribution in [3.63, 3.8) is 0 Å². The molecule has 2 aromatic rings. The van der Waals surface area contributed by atoms with Crippen LogP contribution in [0, 0.1) is 18.8 Å². The van der Waals surface area contributed by atoms with Crippen LogP contribution in [-0.2, 0) is 0 Å². The van der Waals surface area contributed by atoms with Gasteiger partial charge in [-0.3, -0.25) is 0 Å². The number of imidazole rings is 1. The highest BCUT2D eigenvalue weighted by Gasteiger charge is 1.98. The number of nitrogens with zero attached hydrogens (tertiary/aromatic N) is 1. The average molecular weight is 170 g/mol. The topological polar surface area (TPSA) is 28.7 Å². The minimum Gasteiger partial charge on any atom is -0.342 e. The molecule has 0 aliphatic carbocycles. The molecule has 0 aliphatic heterocycles. The third-order valence-corrected chi connectivity index (χ3v) is 1.87. The van der Waals surface area contributed by atoms with Gasteiger partial charge in [0.05, 0.1) is 11.0 Å². The second kappa shape index (κ2) is 2.95. The van der Waals surface area contributed by atoms with Crippen molar-refractivity contribution in [1.29, 1.82) is 0 Å². The van der Waals surface area contributed by atoms with Gasteiger partial charge in [-0.15, -0.1) is 5.92 Å². The van der Waals surface area contributed by atoms with Crippen molar-refractivity contribution < 1.29 is 0 Å². The third-order valence-electron chi connectivity index (χ3n) is 1.87. The van der Waals surface area contributed by atoms with Gasteiger partial charge in [-0.05, 0) is 32.0 Å². The minimum absolute atomic E-state index is 0.941. The molecule has 0 radical (unpaired) electrons. The lowest BCUT2D eigenvalue weighted by Gasteiger charge is -1.89. The monoisotopic (exact) mass is 170 g/mol. The summed E-state index contributed by atoms with van der Waals surface area (Å²) in [6.45, 7) is 3.79. The summed E-state index contributed by atoms with van der Waals surface area (Å²) in [5, 5.41) is 0. The van der Waals surface area contributed by atoms with Crippen LogP contribution in [0.3, 0.4) is 0 Å². The molecule has 0 atom stereocenters. The van der Waals surface area contributed by atoms with Gasteiger partial charge >= 0.3 is 0 Å². The van der Waals surface area contributed by atoms with E-state index in [1.807, 2.05) is 32.0 Å². The number of fused-ring (bicyclic) bond motifs is 1. The third kappa shape index (κ3) is 1.41. The predicted molar refractivity (Wildman–Crippen MR) is 53.4 cm³/mol. The van der Waals surface area contributed by atoms with E-state index in [-0.39, 0.29) is 0 Å². The molecular formula is C11H10N2. The van der Waals surface area contributed by atoms with Gasteiger partial charge in [0.1, 0.15) is 5.82 Å². The van der Waals surface area contributed by atoms with E-state index in [0.29, 0.717) is 0 Å². The molecule has 0 unspecified atom stereocenters. The number of hydrogen-bond acceptors (Lipinski definition) is 1. The Balaban J connectivity index is 2.65. The molecule has 1 aromatic heterocycles. The van der Waals surface area contributed by atoms with E-state index in [1.165, 1.54) is 0 Å². The summed E-state index contributed by atoms with van der Waals surface area (Å²) in [5.74, 6) is 6.82. The zero-order valence-electron chi connectivity index (χ0n) is 7.68. The van der Waals surface area contributed by atoms with Gasteiger partial charge in [0.15, 0.2) is 0 Å². The molecule has 0 bridgehead atoms. The summed E-state index contributed by atoms with van der Waals surface area (Å²) in [5.41, 5.74) is 3.08. The molecule has 0 saturated carbocycles. The Hall–Kier alpha value is -1.75. The number of rotatable bonds is 0. The average Bonchev–Trinajstić information content (AvgIpc) is 2.44. The molecule has 1 heterocycles. The summed E-state index contributed by atoms with van der Waals surface area (Å²) >= 11 is 0. The zero-order valence-corrected chi connectivity index (χ0v) is 7.68. The first kappa shape index (κ1) is 7.88. The van der Waals surface area contributed by atoms with Crippen molar-refractivity contribution in [3.05, 3.63) is 29.6 Å². The van der Waals surface area contributed by atoms with Gasteiger partial charge < -0.3 is 4.98 Å². The van der Waals surface area contributed by atoms with Crippen LogP contribution in [-0.4, -0.2) is 9.97 Å². The molecule has 2 rings (SSSR count). The molecular weight excluding hydrogens is 160 g/mol. The maximum atomic E-state index is 4.31. The van der Waals surface area contributed by atoms with Crippen molar-refractivity contribution >= 4 is 11.0 Å². The number of nitrogens with one attached hydrogen (secondary N) is 1. The normalized spacial score (nSPS) is 9.69. The summed E-state index contributed by atoms with van der Waals surface area (Å²) in [7, 11) is 0. The first-order valence-corrected chi connectivity index (χ1v) is 4.19. The van der Waals surface area contributed by atoms with Gasteiger partial charge in [0.25, 0.3) is 0 Å². The van der Waals surface area contributed by atoms with Crippen molar-refractivity contribution in [2.24, 2.45) is 0 Å². The molecule has 2 heteroatoms. The highest BCUT2D eigenvalue weighted by atomic mass is 14.9. The van der Waals surface area contributed by atoms with Crippen LogP contribution >= 0.6 is 0 Å². The van der Waals surface area contributed by atoms with Gasteiger partial charge in [0, 0.05) is 5.56 Å². The summed E-state index contributed by atoms with van der Waals surface area (Å²) in [6, 6.07) is 5.99. The highest BCUT2D eigenvalue weighted by Crippen LogP contribution is 2.12. The summed E-state index contributed by atoms with van der Waals surface area (Å²) in [4.78, 5) is 7.49. The molecule has 1 aromatic carbocycles. The van der Waals surface area contributed by atoms with Crippen molar-refractivity contribution in [2.75, 3.05) is 0 Å². The molecule has 0 saturated heterocycles. The van der Waals surface area contributed by atoms with Crippen LogP contribution in [0.5, 0.6) is 0 Å². The van der Waals surface area contributed by atoms with Gasteiger partial charge in [0.2, 0.25) is 0 Å². The molecule has 2 nitrogen and oxygen atoms in total. The number of aromatic amines is 1. The maximum absolute atomic E-state index is 4.31. The van der Waals surface area contributed by atoms with E-state index >= 15 is 0 Å². The molecule has 0 aliphatic rings. The Labute approximate surface area is 77.0 Å². The van der Waals surface area contributed by atoms with Crippen LogP contribution in [0.15, 0.2) is 18.2 Å². The molecule has 1 N–H and O–H groups in total. The largest absolute Gasteiger partial charge is 0.342 e. The molecule has 13 heavy (non-hydrogen) atoms. The lowest BCUT2D eigenvalue weighted by molar-refractivity contribution is 1.17. The second-order valence-electron chi connectivity index (χ2n) is 2.93. The molecule has 0 spiro atoms. The van der Waals surface area contributed by atoms with E-state index < -0.39 is 0 Å². The van der Waals surface area contributed by atoms with Gasteiger partial charge in [-0.2, -0.15) is 0 Å². The van der Waals surface area contributed by atoms with E-state index in [2.05, 4.69) is 21.8 Å². The molecule has 0 fully saturated rings. The molecule has 0 amide bonds. The fraction of sp³-hybridized carbons (Fsp3) is 0.182. The van der Waals surface area contributed by atoms with Crippen LogP contribution < -0.4 is 0 Å². The van der Waals surface area contributed by atoms with Crippen molar-refractivity contribution in [2.45, 2.75) is 13.8 Å². The smallest absolute Gasteiger partial charge is 0.104 e. The summed E-state index contributed by atoms with van der Waals surface area (Å²) < 4.78 is 0. The number of aryl methyl sites for hydroxylation is 1. The standard InChI is InChI=1S/C11H10N2/c1-3-4-9-5-6-10-11(7-9)13-8(2)12-10/h5-7H,1-2H3,(H,12,13). The van der Waals surface area contributed by atoms with Crippen molar-refractivity contribution in [3.8, 4) is 11.8 Å². The second-order valence-corrected chi connectivity index (χ2v) is 2.93. The Bertz CT molecular complexity index is 498. The molecule has 64 valence electrons. The lowest BCUT2D eigenvalue weighted by Crippen LogP contribution is -1.74. The maximum Gasteiger partial charge on any atom is 0.104 e.